The van der Waals surface area contributed by atoms with Crippen molar-refractivity contribution in [3.05, 3.63) is 33.3 Å². The Morgan fingerprint density at radius 2 is 1.93 bits per heavy atom. The van der Waals surface area contributed by atoms with Crippen LogP contribution in [0.15, 0.2) is 23.1 Å². The molecule has 0 atom stereocenters. The Balaban J connectivity index is 0.00000196. The van der Waals surface area contributed by atoms with Crippen molar-refractivity contribution in [2.45, 2.75) is 4.90 Å². The number of hydrogen-bond acceptors (Lipinski definition) is 4. The van der Waals surface area contributed by atoms with Crippen molar-refractivity contribution in [3.8, 4) is 0 Å². The molecular weight excluding hydrogens is 290 g/mol. The predicted molar refractivity (Wildman–Crippen MR) is 49.5 cm³/mol. The summed E-state index contributed by atoms with van der Waals surface area (Å²) in [6.07, 6.45) is 0. The van der Waals surface area contributed by atoms with Crippen molar-refractivity contribution in [1.29, 1.82) is 0 Å². The Kier molecular flexibility index (Phi) is 4.67. The van der Waals surface area contributed by atoms with Gasteiger partial charge in [0.15, 0.2) is 4.90 Å². The molecule has 0 bridgehead atoms. The number of nitro benzene ring substituents is 1. The van der Waals surface area contributed by atoms with E-state index in [0.717, 1.165) is 12.1 Å². The number of primary sulfonamides is 1. The molecule has 0 aliphatic rings. The molecule has 0 aromatic heterocycles. The Bertz CT molecular complexity index is 490. The molecular formula is C6H5ClN2NiO4S. The first-order chi connectivity index (χ1) is 6.32. The van der Waals surface area contributed by atoms with Crippen LogP contribution in [0.1, 0.15) is 0 Å². The molecule has 86 valence electrons. The molecule has 9 heteroatoms. The first-order valence-corrected chi connectivity index (χ1v) is 5.21. The average Bonchev–Trinajstić information content (AvgIpc) is 2.01. The molecule has 0 radical (unpaired) electrons. The second-order valence-electron chi connectivity index (χ2n) is 2.41. The largest absolute Gasteiger partial charge is 0.289 e. The third-order valence-corrected chi connectivity index (χ3v) is 2.60. The quantitative estimate of drug-likeness (QED) is 0.497. The summed E-state index contributed by atoms with van der Waals surface area (Å²) in [6.45, 7) is 0. The number of nitrogens with zero attached hydrogens (tertiary/aromatic N) is 1. The summed E-state index contributed by atoms with van der Waals surface area (Å²) in [6, 6.07) is 3.14. The van der Waals surface area contributed by atoms with Crippen LogP contribution in [0.4, 0.5) is 5.69 Å². The monoisotopic (exact) mass is 294 g/mol. The maximum Gasteiger partial charge on any atom is 0.289 e. The van der Waals surface area contributed by atoms with Crippen LogP contribution < -0.4 is 5.14 Å². The summed E-state index contributed by atoms with van der Waals surface area (Å²) in [5.41, 5.74) is -0.586. The number of halogens is 1. The van der Waals surface area contributed by atoms with Gasteiger partial charge in [0.25, 0.3) is 5.69 Å². The molecule has 1 aromatic carbocycles. The van der Waals surface area contributed by atoms with Gasteiger partial charge in [0.1, 0.15) is 0 Å². The molecule has 0 saturated heterocycles. The molecule has 1 aromatic rings. The number of hydrogen-bond donors (Lipinski definition) is 1. The predicted octanol–water partition coefficient (Wildman–Crippen LogP) is 0.893. The van der Waals surface area contributed by atoms with Crippen molar-refractivity contribution in [2.24, 2.45) is 5.14 Å². The first-order valence-electron chi connectivity index (χ1n) is 3.29. The molecule has 0 unspecified atom stereocenters. The van der Waals surface area contributed by atoms with Gasteiger partial charge in [0.05, 0.1) is 4.92 Å². The summed E-state index contributed by atoms with van der Waals surface area (Å²) in [5, 5.41) is 15.3. The fourth-order valence-electron chi connectivity index (χ4n) is 0.867. The molecule has 2 N–H and O–H groups in total. The van der Waals surface area contributed by atoms with Crippen LogP contribution in [0.2, 0.25) is 5.02 Å². The standard InChI is InChI=1S/C6H5ClN2O4S.Ni/c7-4-1-2-5(9(10)11)6(3-4)14(8,12)13;/h1-3H,(H2,8,12,13);. The minimum atomic E-state index is -4.13. The van der Waals surface area contributed by atoms with Crippen molar-refractivity contribution in [3.63, 3.8) is 0 Å². The van der Waals surface area contributed by atoms with Gasteiger partial charge in [-0.1, -0.05) is 11.6 Å². The van der Waals surface area contributed by atoms with Gasteiger partial charge in [-0.2, -0.15) is 0 Å². The van der Waals surface area contributed by atoms with Crippen LogP contribution in [-0.2, 0) is 26.5 Å². The third kappa shape index (κ3) is 3.42. The van der Waals surface area contributed by atoms with E-state index in [1.54, 1.807) is 0 Å². The molecule has 1 rings (SSSR count). The van der Waals surface area contributed by atoms with Crippen LogP contribution >= 0.6 is 11.6 Å². The Morgan fingerprint density at radius 1 is 1.40 bits per heavy atom. The van der Waals surface area contributed by atoms with E-state index in [-0.39, 0.29) is 21.5 Å². The van der Waals surface area contributed by atoms with E-state index in [2.05, 4.69) is 0 Å². The molecule has 0 fully saturated rings. The van der Waals surface area contributed by atoms with E-state index in [9.17, 15) is 18.5 Å². The number of nitrogens with two attached hydrogens (primary N) is 1. The SMILES string of the molecule is NS(=O)(=O)c1cc(Cl)ccc1[N+](=O)[O-].[Ni]. The van der Waals surface area contributed by atoms with Crippen molar-refractivity contribution in [2.75, 3.05) is 0 Å². The molecule has 6 nitrogen and oxygen atoms in total. The van der Waals surface area contributed by atoms with Gasteiger partial charge in [-0.25, -0.2) is 13.6 Å². The molecule has 15 heavy (non-hydrogen) atoms. The number of rotatable bonds is 2. The summed E-state index contributed by atoms with van der Waals surface area (Å²) in [4.78, 5) is 9.00. The normalized spacial score (nSPS) is 10.5. The van der Waals surface area contributed by atoms with Crippen molar-refractivity contribution >= 4 is 27.3 Å². The maximum atomic E-state index is 10.9. The zero-order valence-electron chi connectivity index (χ0n) is 6.99. The average molecular weight is 295 g/mol. The van der Waals surface area contributed by atoms with Crippen LogP contribution in [0.3, 0.4) is 0 Å². The fourth-order valence-corrected chi connectivity index (χ4v) is 1.83. The van der Waals surface area contributed by atoms with Crippen LogP contribution in [0.25, 0.3) is 0 Å². The zero-order valence-corrected chi connectivity index (χ0v) is 9.55. The summed E-state index contributed by atoms with van der Waals surface area (Å²) in [7, 11) is -4.13. The molecule has 0 spiro atoms. The molecule has 0 amide bonds. The van der Waals surface area contributed by atoms with Gasteiger partial charge in [0, 0.05) is 27.6 Å². The fraction of sp³-hybridized carbons (Fsp3) is 0. The van der Waals surface area contributed by atoms with Gasteiger partial charge in [-0.15, -0.1) is 0 Å². The van der Waals surface area contributed by atoms with Crippen molar-refractivity contribution in [1.82, 2.24) is 0 Å². The zero-order chi connectivity index (χ0) is 10.9. The minimum absolute atomic E-state index is 0. The molecule has 0 aliphatic heterocycles. The Hall–Kier alpha value is -0.686. The first kappa shape index (κ1) is 14.3. The van der Waals surface area contributed by atoms with Gasteiger partial charge < -0.3 is 0 Å². The van der Waals surface area contributed by atoms with Crippen LogP contribution in [0.5, 0.6) is 0 Å². The van der Waals surface area contributed by atoms with E-state index < -0.39 is 25.5 Å². The molecule has 0 heterocycles. The van der Waals surface area contributed by atoms with E-state index >= 15 is 0 Å². The third-order valence-electron chi connectivity index (χ3n) is 1.43. The molecule has 0 aliphatic carbocycles. The van der Waals surface area contributed by atoms with Gasteiger partial charge in [0.2, 0.25) is 10.0 Å². The van der Waals surface area contributed by atoms with Gasteiger partial charge in [-0.05, 0) is 12.1 Å². The number of sulfonamides is 1. The Morgan fingerprint density at radius 3 is 2.33 bits per heavy atom. The van der Waals surface area contributed by atoms with Gasteiger partial charge >= 0.3 is 0 Å². The van der Waals surface area contributed by atoms with E-state index in [4.69, 9.17) is 16.7 Å². The van der Waals surface area contributed by atoms with Gasteiger partial charge in [-0.3, -0.25) is 10.1 Å². The second-order valence-corrected chi connectivity index (χ2v) is 4.38. The van der Waals surface area contributed by atoms with Crippen LogP contribution in [-0.4, -0.2) is 13.3 Å². The van der Waals surface area contributed by atoms with Crippen molar-refractivity contribution < 1.29 is 29.8 Å². The Labute approximate surface area is 101 Å². The smallest absolute Gasteiger partial charge is 0.258 e. The maximum absolute atomic E-state index is 10.9. The topological polar surface area (TPSA) is 103 Å². The van der Waals surface area contributed by atoms with E-state index in [1.807, 2.05) is 0 Å². The summed E-state index contributed by atoms with van der Waals surface area (Å²) >= 11 is 5.48. The summed E-state index contributed by atoms with van der Waals surface area (Å²) < 4.78 is 21.9. The second kappa shape index (κ2) is 4.89. The van der Waals surface area contributed by atoms with E-state index in [1.165, 1.54) is 6.07 Å². The molecule has 0 saturated carbocycles. The van der Waals surface area contributed by atoms with E-state index in [0.29, 0.717) is 0 Å². The number of nitro groups is 1. The minimum Gasteiger partial charge on any atom is -0.258 e. The summed E-state index contributed by atoms with van der Waals surface area (Å²) in [5.74, 6) is 0. The van der Waals surface area contributed by atoms with Crippen LogP contribution in [0, 0.1) is 10.1 Å². The number of benzene rings is 1.